The number of rotatable bonds is 9. The van der Waals surface area contributed by atoms with E-state index in [0.717, 1.165) is 23.3 Å². The predicted octanol–water partition coefficient (Wildman–Crippen LogP) is 5.09. The van der Waals surface area contributed by atoms with Crippen molar-refractivity contribution >= 4 is 38.9 Å². The van der Waals surface area contributed by atoms with E-state index in [1.54, 1.807) is 28.4 Å². The highest BCUT2D eigenvalue weighted by Crippen LogP contribution is 2.32. The second-order valence-electron chi connectivity index (χ2n) is 7.98. The zero-order valence-electron chi connectivity index (χ0n) is 17.8. The Kier molecular flexibility index (Phi) is 7.00. The standard InChI is InChI=1S/C24H25ClN2O3S2/c1-18-7-12-22(31-18)16-26(15-19-5-3-2-4-6-19)24(28)17-27(21-10-11-21)32(29,30)23-13-8-20(25)9-14-23/h2-9,12-14,21H,10-11,15-17H2,1H3. The van der Waals surface area contributed by atoms with Gasteiger partial charge in [0.15, 0.2) is 0 Å². The Morgan fingerprint density at radius 3 is 2.28 bits per heavy atom. The fourth-order valence-corrected chi connectivity index (χ4v) is 6.21. The van der Waals surface area contributed by atoms with Crippen LogP contribution in [-0.2, 0) is 27.9 Å². The highest BCUT2D eigenvalue weighted by atomic mass is 35.5. The van der Waals surface area contributed by atoms with Gasteiger partial charge in [0.1, 0.15) is 0 Å². The smallest absolute Gasteiger partial charge is 0.243 e. The SMILES string of the molecule is Cc1ccc(CN(Cc2ccccc2)C(=O)CN(C2CC2)S(=O)(=O)c2ccc(Cl)cc2)s1. The van der Waals surface area contributed by atoms with Gasteiger partial charge in [-0.25, -0.2) is 8.42 Å². The Hall–Kier alpha value is -2.19. The van der Waals surface area contributed by atoms with Crippen molar-refractivity contribution in [2.24, 2.45) is 0 Å². The van der Waals surface area contributed by atoms with Crippen LogP contribution in [0.4, 0.5) is 0 Å². The maximum Gasteiger partial charge on any atom is 0.243 e. The van der Waals surface area contributed by atoms with Crippen LogP contribution in [0.15, 0.2) is 71.6 Å². The molecule has 1 aromatic heterocycles. The summed E-state index contributed by atoms with van der Waals surface area (Å²) in [6.45, 7) is 2.74. The van der Waals surface area contributed by atoms with Crippen LogP contribution < -0.4 is 0 Å². The fourth-order valence-electron chi connectivity index (χ4n) is 3.54. The maximum absolute atomic E-state index is 13.4. The maximum atomic E-state index is 13.4. The van der Waals surface area contributed by atoms with Gasteiger partial charge >= 0.3 is 0 Å². The number of amides is 1. The average molecular weight is 489 g/mol. The van der Waals surface area contributed by atoms with Crippen molar-refractivity contribution in [1.82, 2.24) is 9.21 Å². The monoisotopic (exact) mass is 488 g/mol. The lowest BCUT2D eigenvalue weighted by Crippen LogP contribution is -2.43. The number of hydrogen-bond donors (Lipinski definition) is 0. The zero-order chi connectivity index (χ0) is 22.7. The first-order valence-electron chi connectivity index (χ1n) is 10.5. The van der Waals surface area contributed by atoms with Crippen molar-refractivity contribution in [2.45, 2.75) is 43.8 Å². The molecule has 1 amide bonds. The second-order valence-corrected chi connectivity index (χ2v) is 11.7. The molecule has 1 fully saturated rings. The van der Waals surface area contributed by atoms with Crippen LogP contribution in [0.25, 0.3) is 0 Å². The van der Waals surface area contributed by atoms with Gasteiger partial charge in [-0.3, -0.25) is 4.79 Å². The van der Waals surface area contributed by atoms with Crippen LogP contribution >= 0.6 is 22.9 Å². The molecule has 1 aliphatic carbocycles. The minimum absolute atomic E-state index is 0.137. The summed E-state index contributed by atoms with van der Waals surface area (Å²) in [6.07, 6.45) is 1.53. The molecule has 0 bridgehead atoms. The molecule has 3 aromatic rings. The van der Waals surface area contributed by atoms with Gasteiger partial charge in [0.2, 0.25) is 15.9 Å². The summed E-state index contributed by atoms with van der Waals surface area (Å²) in [5.74, 6) is -0.204. The van der Waals surface area contributed by atoms with E-state index < -0.39 is 10.0 Å². The molecule has 32 heavy (non-hydrogen) atoms. The molecule has 1 aliphatic rings. The lowest BCUT2D eigenvalue weighted by Gasteiger charge is -2.27. The summed E-state index contributed by atoms with van der Waals surface area (Å²) >= 11 is 7.58. The summed E-state index contributed by atoms with van der Waals surface area (Å²) in [6, 6.07) is 19.8. The number of carbonyl (C=O) groups is 1. The molecule has 0 aliphatic heterocycles. The van der Waals surface area contributed by atoms with Crippen LogP contribution in [0.5, 0.6) is 0 Å². The molecule has 4 rings (SSSR count). The van der Waals surface area contributed by atoms with Crippen LogP contribution in [0.1, 0.15) is 28.2 Å². The summed E-state index contributed by atoms with van der Waals surface area (Å²) in [5.41, 5.74) is 1.01. The molecular weight excluding hydrogens is 464 g/mol. The molecule has 0 spiro atoms. The van der Waals surface area contributed by atoms with Gasteiger partial charge in [-0.1, -0.05) is 41.9 Å². The molecule has 0 radical (unpaired) electrons. The molecule has 0 saturated heterocycles. The molecule has 8 heteroatoms. The lowest BCUT2D eigenvalue weighted by molar-refractivity contribution is -0.132. The molecular formula is C24H25ClN2O3S2. The van der Waals surface area contributed by atoms with E-state index in [1.807, 2.05) is 49.4 Å². The summed E-state index contributed by atoms with van der Waals surface area (Å²) in [4.78, 5) is 17.6. The number of nitrogens with zero attached hydrogens (tertiary/aromatic N) is 2. The van der Waals surface area contributed by atoms with Crippen LogP contribution in [0.2, 0.25) is 5.02 Å². The molecule has 1 heterocycles. The number of sulfonamides is 1. The van der Waals surface area contributed by atoms with Crippen LogP contribution in [-0.4, -0.2) is 36.1 Å². The molecule has 0 atom stereocenters. The van der Waals surface area contributed by atoms with Crippen molar-refractivity contribution in [3.05, 3.63) is 87.1 Å². The van der Waals surface area contributed by atoms with Crippen molar-refractivity contribution in [2.75, 3.05) is 6.54 Å². The molecule has 1 saturated carbocycles. The van der Waals surface area contributed by atoms with Gasteiger partial charge < -0.3 is 4.90 Å². The van der Waals surface area contributed by atoms with E-state index in [4.69, 9.17) is 11.6 Å². The van der Waals surface area contributed by atoms with Crippen molar-refractivity contribution < 1.29 is 13.2 Å². The minimum Gasteiger partial charge on any atom is -0.332 e. The highest BCUT2D eigenvalue weighted by molar-refractivity contribution is 7.89. The van der Waals surface area contributed by atoms with E-state index in [-0.39, 0.29) is 23.4 Å². The quantitative estimate of drug-likeness (QED) is 0.421. The largest absolute Gasteiger partial charge is 0.332 e. The van der Waals surface area contributed by atoms with E-state index in [2.05, 4.69) is 0 Å². The third-order valence-corrected chi connectivity index (χ3v) is 8.53. The predicted molar refractivity (Wildman–Crippen MR) is 128 cm³/mol. The van der Waals surface area contributed by atoms with Crippen molar-refractivity contribution in [1.29, 1.82) is 0 Å². The third-order valence-electron chi connectivity index (χ3n) is 5.38. The highest BCUT2D eigenvalue weighted by Gasteiger charge is 2.40. The van der Waals surface area contributed by atoms with Gasteiger partial charge in [-0.05, 0) is 61.7 Å². The number of halogens is 1. The van der Waals surface area contributed by atoms with Crippen molar-refractivity contribution in [3.8, 4) is 0 Å². The Balaban J connectivity index is 1.57. The van der Waals surface area contributed by atoms with E-state index >= 15 is 0 Å². The molecule has 2 aromatic carbocycles. The number of aryl methyl sites for hydroxylation is 1. The second kappa shape index (κ2) is 9.75. The van der Waals surface area contributed by atoms with E-state index in [9.17, 15) is 13.2 Å². The number of carbonyl (C=O) groups excluding carboxylic acids is 1. The van der Waals surface area contributed by atoms with E-state index in [1.165, 1.54) is 21.3 Å². The first-order chi connectivity index (χ1) is 15.3. The van der Waals surface area contributed by atoms with Gasteiger partial charge in [0.05, 0.1) is 18.0 Å². The number of hydrogen-bond acceptors (Lipinski definition) is 4. The van der Waals surface area contributed by atoms with Gasteiger partial charge in [0, 0.05) is 27.4 Å². The van der Waals surface area contributed by atoms with Crippen molar-refractivity contribution in [3.63, 3.8) is 0 Å². The van der Waals surface area contributed by atoms with Gasteiger partial charge in [-0.15, -0.1) is 11.3 Å². The summed E-state index contributed by atoms with van der Waals surface area (Å²) in [7, 11) is -3.79. The normalized spacial score (nSPS) is 14.0. The Morgan fingerprint density at radius 1 is 1.00 bits per heavy atom. The average Bonchev–Trinajstić information content (AvgIpc) is 3.53. The fraction of sp³-hybridized carbons (Fsp3) is 0.292. The van der Waals surface area contributed by atoms with Gasteiger partial charge in [-0.2, -0.15) is 4.31 Å². The lowest BCUT2D eigenvalue weighted by atomic mass is 10.2. The topological polar surface area (TPSA) is 57.7 Å². The summed E-state index contributed by atoms with van der Waals surface area (Å²) in [5, 5.41) is 0.471. The first-order valence-corrected chi connectivity index (χ1v) is 13.1. The number of thiophene rings is 1. The molecule has 0 unspecified atom stereocenters. The Morgan fingerprint density at radius 2 is 1.69 bits per heavy atom. The minimum atomic E-state index is -3.79. The molecule has 168 valence electrons. The van der Waals surface area contributed by atoms with E-state index in [0.29, 0.717) is 18.1 Å². The van der Waals surface area contributed by atoms with Gasteiger partial charge in [0.25, 0.3) is 0 Å². The molecule has 0 N–H and O–H groups in total. The van der Waals surface area contributed by atoms with Crippen LogP contribution in [0, 0.1) is 6.92 Å². The van der Waals surface area contributed by atoms with Crippen LogP contribution in [0.3, 0.4) is 0 Å². The summed E-state index contributed by atoms with van der Waals surface area (Å²) < 4.78 is 28.0. The zero-order valence-corrected chi connectivity index (χ0v) is 20.2. The number of benzene rings is 2. The Bertz CT molecular complexity index is 1170. The third kappa shape index (κ3) is 5.59. The molecule has 5 nitrogen and oxygen atoms in total. The Labute approximate surface area is 198 Å². The first kappa shape index (κ1) is 23.0.